The van der Waals surface area contributed by atoms with Crippen LogP contribution in [0, 0.1) is 5.92 Å². The smallest absolute Gasteiger partial charge is 0.233 e. The average Bonchev–Trinajstić information content (AvgIpc) is 3.31. The summed E-state index contributed by atoms with van der Waals surface area (Å²) in [6.07, 6.45) is 3.10. The maximum atomic E-state index is 13.0. The number of nitrogens with one attached hydrogen (secondary N) is 1. The quantitative estimate of drug-likeness (QED) is 0.922. The molecule has 3 heteroatoms. The number of carbonyl (C=O) groups excluding carboxylic acids is 1. The van der Waals surface area contributed by atoms with Crippen LogP contribution < -0.4 is 5.32 Å². The van der Waals surface area contributed by atoms with E-state index in [2.05, 4.69) is 36.2 Å². The molecule has 3 rings (SSSR count). The predicted molar refractivity (Wildman–Crippen MR) is 85.2 cm³/mol. The van der Waals surface area contributed by atoms with Gasteiger partial charge in [-0.05, 0) is 37.3 Å². The van der Waals surface area contributed by atoms with Crippen LogP contribution in [-0.4, -0.2) is 36.5 Å². The first-order valence-corrected chi connectivity index (χ1v) is 8.25. The Labute approximate surface area is 127 Å². The summed E-state index contributed by atoms with van der Waals surface area (Å²) in [7, 11) is 0. The van der Waals surface area contributed by atoms with E-state index in [0.717, 1.165) is 38.9 Å². The maximum absolute atomic E-state index is 13.0. The second kappa shape index (κ2) is 5.80. The molecule has 3 nitrogen and oxygen atoms in total. The molecule has 1 aromatic rings. The van der Waals surface area contributed by atoms with E-state index in [9.17, 15) is 4.79 Å². The van der Waals surface area contributed by atoms with Crippen molar-refractivity contribution in [2.45, 2.75) is 44.6 Å². The fourth-order valence-electron chi connectivity index (χ4n) is 3.71. The number of likely N-dealkylation sites (tertiary alicyclic amines) is 1. The number of carbonyl (C=O) groups is 1. The molecule has 21 heavy (non-hydrogen) atoms. The van der Waals surface area contributed by atoms with Gasteiger partial charge in [-0.25, -0.2) is 0 Å². The van der Waals surface area contributed by atoms with Crippen molar-refractivity contribution in [3.63, 3.8) is 0 Å². The van der Waals surface area contributed by atoms with E-state index in [0.29, 0.717) is 17.9 Å². The highest BCUT2D eigenvalue weighted by atomic mass is 16.2. The van der Waals surface area contributed by atoms with Crippen molar-refractivity contribution in [2.75, 3.05) is 19.6 Å². The van der Waals surface area contributed by atoms with E-state index in [1.807, 2.05) is 18.2 Å². The highest BCUT2D eigenvalue weighted by Gasteiger charge is 2.53. The van der Waals surface area contributed by atoms with Crippen molar-refractivity contribution >= 4 is 5.91 Å². The van der Waals surface area contributed by atoms with Crippen LogP contribution in [0.2, 0.25) is 0 Å². The highest BCUT2D eigenvalue weighted by Crippen LogP contribution is 2.49. The highest BCUT2D eigenvalue weighted by molar-refractivity contribution is 5.91. The van der Waals surface area contributed by atoms with Crippen molar-refractivity contribution in [3.05, 3.63) is 35.9 Å². The lowest BCUT2D eigenvalue weighted by Crippen LogP contribution is -2.52. The number of hydrogen-bond donors (Lipinski definition) is 1. The lowest BCUT2D eigenvalue weighted by molar-refractivity contribution is -0.136. The summed E-state index contributed by atoms with van der Waals surface area (Å²) in [4.78, 5) is 15.1. The third-order valence-corrected chi connectivity index (χ3v) is 5.14. The number of amides is 1. The fourth-order valence-corrected chi connectivity index (χ4v) is 3.71. The molecule has 0 aromatic heterocycles. The Hall–Kier alpha value is -1.35. The molecule has 0 bridgehead atoms. The van der Waals surface area contributed by atoms with E-state index in [-0.39, 0.29) is 5.41 Å². The Balaban J connectivity index is 1.70. The number of piperidine rings is 1. The third kappa shape index (κ3) is 2.71. The topological polar surface area (TPSA) is 32.3 Å². The van der Waals surface area contributed by atoms with Gasteiger partial charge in [0.05, 0.1) is 5.41 Å². The summed E-state index contributed by atoms with van der Waals surface area (Å²) in [5.41, 5.74) is 1.00. The molecule has 2 atom stereocenters. The second-order valence-electron chi connectivity index (χ2n) is 6.63. The molecule has 1 saturated carbocycles. The lowest BCUT2D eigenvalue weighted by atomic mass is 9.90. The van der Waals surface area contributed by atoms with Crippen LogP contribution in [-0.2, 0) is 10.2 Å². The van der Waals surface area contributed by atoms with Gasteiger partial charge in [-0.2, -0.15) is 0 Å². The maximum Gasteiger partial charge on any atom is 0.233 e. The molecule has 114 valence electrons. The minimum absolute atomic E-state index is 0.202. The minimum Gasteiger partial charge on any atom is -0.342 e. The van der Waals surface area contributed by atoms with E-state index in [1.54, 1.807) is 0 Å². The van der Waals surface area contributed by atoms with Crippen LogP contribution in [0.15, 0.2) is 30.3 Å². The number of nitrogens with zero attached hydrogens (tertiary/aromatic N) is 1. The molecule has 2 fully saturated rings. The first kappa shape index (κ1) is 14.6. The van der Waals surface area contributed by atoms with E-state index in [4.69, 9.17) is 0 Å². The van der Waals surface area contributed by atoms with Crippen molar-refractivity contribution in [1.29, 1.82) is 0 Å². The Morgan fingerprint density at radius 2 is 2.05 bits per heavy atom. The summed E-state index contributed by atoms with van der Waals surface area (Å²) in [6, 6.07) is 10.9. The van der Waals surface area contributed by atoms with Crippen molar-refractivity contribution < 1.29 is 4.79 Å². The first-order valence-electron chi connectivity index (χ1n) is 8.25. The van der Waals surface area contributed by atoms with Gasteiger partial charge in [-0.1, -0.05) is 44.2 Å². The minimum atomic E-state index is -0.202. The SMILES string of the molecule is CCNC1CCN(C(=O)C2(c3ccccc3)CC2)CC1C. The summed E-state index contributed by atoms with van der Waals surface area (Å²) in [5.74, 6) is 0.893. The molecular formula is C18H26N2O. The van der Waals surface area contributed by atoms with Crippen molar-refractivity contribution in [1.82, 2.24) is 10.2 Å². The Bertz CT molecular complexity index is 495. The molecule has 0 spiro atoms. The summed E-state index contributed by atoms with van der Waals surface area (Å²) in [5, 5.41) is 3.54. The number of rotatable bonds is 4. The molecule has 2 unspecified atom stereocenters. The third-order valence-electron chi connectivity index (χ3n) is 5.14. The van der Waals surface area contributed by atoms with Crippen molar-refractivity contribution in [3.8, 4) is 0 Å². The zero-order valence-electron chi connectivity index (χ0n) is 13.1. The van der Waals surface area contributed by atoms with Gasteiger partial charge < -0.3 is 10.2 Å². The molecule has 1 aromatic carbocycles. The lowest BCUT2D eigenvalue weighted by Gasteiger charge is -2.39. The largest absolute Gasteiger partial charge is 0.342 e. The monoisotopic (exact) mass is 286 g/mol. The van der Waals surface area contributed by atoms with Gasteiger partial charge in [0.15, 0.2) is 0 Å². The van der Waals surface area contributed by atoms with Gasteiger partial charge in [0.2, 0.25) is 5.91 Å². The standard InChI is InChI=1S/C18H26N2O/c1-3-19-16-9-12-20(13-14(16)2)17(21)18(10-11-18)15-7-5-4-6-8-15/h4-8,14,16,19H,3,9-13H2,1-2H3. The molecular weight excluding hydrogens is 260 g/mol. The summed E-state index contributed by atoms with van der Waals surface area (Å²) < 4.78 is 0. The number of hydrogen-bond acceptors (Lipinski definition) is 2. The van der Waals surface area contributed by atoms with E-state index < -0.39 is 0 Å². The fraction of sp³-hybridized carbons (Fsp3) is 0.611. The second-order valence-corrected chi connectivity index (χ2v) is 6.63. The van der Waals surface area contributed by atoms with Crippen molar-refractivity contribution in [2.24, 2.45) is 5.92 Å². The normalized spacial score (nSPS) is 27.4. The molecule has 1 aliphatic carbocycles. The molecule has 1 aliphatic heterocycles. The van der Waals surface area contributed by atoms with Crippen LogP contribution in [0.5, 0.6) is 0 Å². The van der Waals surface area contributed by atoms with Gasteiger partial charge in [-0.3, -0.25) is 4.79 Å². The Morgan fingerprint density at radius 1 is 1.33 bits per heavy atom. The van der Waals surface area contributed by atoms with Crippen LogP contribution >= 0.6 is 0 Å². The summed E-state index contributed by atoms with van der Waals surface area (Å²) >= 11 is 0. The molecule has 2 aliphatic rings. The van der Waals surface area contributed by atoms with Gasteiger partial charge in [-0.15, -0.1) is 0 Å². The van der Waals surface area contributed by atoms with Crippen LogP contribution in [0.25, 0.3) is 0 Å². The van der Waals surface area contributed by atoms with Crippen LogP contribution in [0.3, 0.4) is 0 Å². The van der Waals surface area contributed by atoms with Crippen LogP contribution in [0.1, 0.15) is 38.7 Å². The molecule has 1 N–H and O–H groups in total. The zero-order chi connectivity index (χ0) is 14.9. The van der Waals surface area contributed by atoms with E-state index in [1.165, 1.54) is 5.56 Å². The van der Waals surface area contributed by atoms with Gasteiger partial charge in [0.1, 0.15) is 0 Å². The van der Waals surface area contributed by atoms with Gasteiger partial charge in [0, 0.05) is 19.1 Å². The van der Waals surface area contributed by atoms with Gasteiger partial charge >= 0.3 is 0 Å². The molecule has 0 radical (unpaired) electrons. The first-order chi connectivity index (χ1) is 10.2. The Morgan fingerprint density at radius 3 is 2.62 bits per heavy atom. The Kier molecular flexibility index (Phi) is 4.03. The van der Waals surface area contributed by atoms with Gasteiger partial charge in [0.25, 0.3) is 0 Å². The molecule has 1 amide bonds. The average molecular weight is 286 g/mol. The molecule has 1 heterocycles. The summed E-state index contributed by atoms with van der Waals surface area (Å²) in [6.45, 7) is 7.21. The van der Waals surface area contributed by atoms with E-state index >= 15 is 0 Å². The predicted octanol–water partition coefficient (Wildman–Crippen LogP) is 2.56. The van der Waals surface area contributed by atoms with Crippen LogP contribution in [0.4, 0.5) is 0 Å². The zero-order valence-corrected chi connectivity index (χ0v) is 13.1. The number of benzene rings is 1. The molecule has 1 saturated heterocycles.